The largest absolute Gasteiger partial charge is 0.368 e. The maximum Gasteiger partial charge on any atom is 0.286 e. The Balaban J connectivity index is 1.37. The maximum atomic E-state index is 13.1. The second-order valence-corrected chi connectivity index (χ2v) is 11.3. The molecule has 1 saturated heterocycles. The van der Waals surface area contributed by atoms with Crippen molar-refractivity contribution in [1.29, 1.82) is 0 Å². The van der Waals surface area contributed by atoms with Crippen molar-refractivity contribution in [2.75, 3.05) is 36.4 Å². The van der Waals surface area contributed by atoms with Crippen molar-refractivity contribution in [2.24, 2.45) is 9.81 Å². The van der Waals surface area contributed by atoms with Gasteiger partial charge in [-0.2, -0.15) is 8.42 Å². The Hall–Kier alpha value is -2.87. The van der Waals surface area contributed by atoms with Crippen LogP contribution in [-0.4, -0.2) is 51.2 Å². The van der Waals surface area contributed by atoms with Gasteiger partial charge in [-0.3, -0.25) is 4.79 Å². The number of nitrogens with zero attached hydrogens (tertiary/aromatic N) is 3. The van der Waals surface area contributed by atoms with E-state index < -0.39 is 15.4 Å². The van der Waals surface area contributed by atoms with Crippen LogP contribution in [0.3, 0.4) is 0 Å². The Labute approximate surface area is 196 Å². The topological polar surface area (TPSA) is 82.1 Å². The number of carbonyl (C=O) groups is 1. The lowest BCUT2D eigenvalue weighted by molar-refractivity contribution is -0.133. The number of fused-ring (bicyclic) bond motifs is 1. The number of carbonyl (C=O) groups excluding carboxylic acids is 1. The number of hydrogen-bond acceptors (Lipinski definition) is 5. The zero-order valence-corrected chi connectivity index (χ0v) is 20.6. The van der Waals surface area contributed by atoms with Crippen molar-refractivity contribution >= 4 is 33.1 Å². The summed E-state index contributed by atoms with van der Waals surface area (Å²) in [5, 5.41) is 3.13. The normalized spacial score (nSPS) is 17.8. The average Bonchev–Trinajstić information content (AvgIpc) is 2.74. The molecule has 0 saturated carbocycles. The van der Waals surface area contributed by atoms with Crippen LogP contribution >= 0.6 is 0 Å². The van der Waals surface area contributed by atoms with E-state index in [1.165, 1.54) is 16.8 Å². The molecule has 1 amide bonds. The zero-order chi connectivity index (χ0) is 23.8. The first-order valence-corrected chi connectivity index (χ1v) is 12.8. The number of aryl methyl sites for hydroxylation is 1. The van der Waals surface area contributed by atoms with Gasteiger partial charge in [0.2, 0.25) is 5.91 Å². The molecule has 0 spiro atoms. The number of amidine groups is 1. The minimum absolute atomic E-state index is 0.0975. The van der Waals surface area contributed by atoms with E-state index in [9.17, 15) is 13.2 Å². The number of sulfonamides is 1. The minimum Gasteiger partial charge on any atom is -0.368 e. The predicted octanol–water partition coefficient (Wildman–Crippen LogP) is 3.97. The quantitative estimate of drug-likeness (QED) is 0.718. The number of rotatable bonds is 5. The van der Waals surface area contributed by atoms with Gasteiger partial charge in [0.05, 0.1) is 5.69 Å². The number of hydrogen-bond donors (Lipinski definition) is 1. The molecule has 2 aliphatic heterocycles. The number of piperazine rings is 1. The maximum absolute atomic E-state index is 13.1. The molecule has 7 nitrogen and oxygen atoms in total. The molecule has 2 aliphatic rings. The summed E-state index contributed by atoms with van der Waals surface area (Å²) in [6.45, 7) is 11.2. The Morgan fingerprint density at radius 1 is 1.03 bits per heavy atom. The molecule has 33 heavy (non-hydrogen) atoms. The molecule has 2 aromatic rings. The minimum atomic E-state index is -3.73. The Morgan fingerprint density at radius 3 is 2.45 bits per heavy atom. The van der Waals surface area contributed by atoms with Gasteiger partial charge in [-0.05, 0) is 48.6 Å². The third-order valence-corrected chi connectivity index (χ3v) is 7.87. The van der Waals surface area contributed by atoms with Gasteiger partial charge in [-0.25, -0.2) is 0 Å². The van der Waals surface area contributed by atoms with Crippen LogP contribution in [0.25, 0.3) is 0 Å². The highest BCUT2D eigenvalue weighted by Gasteiger charge is 2.32. The Morgan fingerprint density at radius 2 is 1.73 bits per heavy atom. The molecular weight excluding hydrogens is 436 g/mol. The SMILES string of the molecule is Cc1cccc(N2CCN(C(=O)CC(C)(C)CC3=NS(=O)(=O)c4ccccc4N3)CC2)c1C. The van der Waals surface area contributed by atoms with E-state index in [1.807, 2.05) is 18.7 Å². The molecule has 2 heterocycles. The van der Waals surface area contributed by atoms with Gasteiger partial charge in [0.1, 0.15) is 10.7 Å². The molecule has 0 aromatic heterocycles. The Bertz CT molecular complexity index is 1200. The van der Waals surface area contributed by atoms with Crippen molar-refractivity contribution in [1.82, 2.24) is 4.90 Å². The van der Waals surface area contributed by atoms with Crippen LogP contribution in [0.15, 0.2) is 51.8 Å². The van der Waals surface area contributed by atoms with E-state index >= 15 is 0 Å². The van der Waals surface area contributed by atoms with Crippen molar-refractivity contribution < 1.29 is 13.2 Å². The summed E-state index contributed by atoms with van der Waals surface area (Å²) >= 11 is 0. The molecule has 0 unspecified atom stereocenters. The first-order chi connectivity index (χ1) is 15.6. The number of amides is 1. The van der Waals surface area contributed by atoms with E-state index in [0.717, 1.165) is 13.1 Å². The molecule has 0 radical (unpaired) electrons. The fourth-order valence-electron chi connectivity index (χ4n) is 4.56. The van der Waals surface area contributed by atoms with Crippen LogP contribution in [0.5, 0.6) is 0 Å². The number of benzene rings is 2. The summed E-state index contributed by atoms with van der Waals surface area (Å²) in [5.74, 6) is 0.478. The fourth-order valence-corrected chi connectivity index (χ4v) is 5.70. The van der Waals surface area contributed by atoms with E-state index in [2.05, 4.69) is 46.7 Å². The smallest absolute Gasteiger partial charge is 0.286 e. The fraction of sp³-hybridized carbons (Fsp3) is 0.440. The molecule has 0 aliphatic carbocycles. The van der Waals surface area contributed by atoms with Crippen LogP contribution in [0.4, 0.5) is 11.4 Å². The third kappa shape index (κ3) is 5.05. The molecule has 0 bridgehead atoms. The van der Waals surface area contributed by atoms with Gasteiger partial charge in [-0.15, -0.1) is 4.40 Å². The first kappa shape index (κ1) is 23.3. The lowest BCUT2D eigenvalue weighted by Crippen LogP contribution is -2.49. The predicted molar refractivity (Wildman–Crippen MR) is 132 cm³/mol. The number of anilines is 2. The third-order valence-electron chi connectivity index (χ3n) is 6.50. The van der Waals surface area contributed by atoms with Crippen molar-refractivity contribution in [2.45, 2.75) is 45.4 Å². The molecule has 0 atom stereocenters. The van der Waals surface area contributed by atoms with Crippen LogP contribution in [0, 0.1) is 19.3 Å². The highest BCUT2D eigenvalue weighted by atomic mass is 32.2. The zero-order valence-electron chi connectivity index (χ0n) is 19.8. The van der Waals surface area contributed by atoms with Crippen LogP contribution < -0.4 is 10.2 Å². The summed E-state index contributed by atoms with van der Waals surface area (Å²) in [4.78, 5) is 17.5. The van der Waals surface area contributed by atoms with E-state index in [1.54, 1.807) is 24.3 Å². The molecule has 1 N–H and O–H groups in total. The average molecular weight is 469 g/mol. The van der Waals surface area contributed by atoms with Crippen LogP contribution in [0.2, 0.25) is 0 Å². The van der Waals surface area contributed by atoms with E-state index in [0.29, 0.717) is 37.5 Å². The van der Waals surface area contributed by atoms with Crippen molar-refractivity contribution in [3.05, 3.63) is 53.6 Å². The van der Waals surface area contributed by atoms with Crippen LogP contribution in [0.1, 0.15) is 37.8 Å². The van der Waals surface area contributed by atoms with Crippen LogP contribution in [-0.2, 0) is 14.8 Å². The second kappa shape index (κ2) is 8.82. The van der Waals surface area contributed by atoms with Crippen molar-refractivity contribution in [3.8, 4) is 0 Å². The monoisotopic (exact) mass is 468 g/mol. The molecule has 8 heteroatoms. The number of nitrogens with one attached hydrogen (secondary N) is 1. The summed E-state index contributed by atoms with van der Waals surface area (Å²) in [5.41, 5.74) is 3.90. The van der Waals surface area contributed by atoms with Crippen molar-refractivity contribution in [3.63, 3.8) is 0 Å². The second-order valence-electron chi connectivity index (χ2n) is 9.74. The van der Waals surface area contributed by atoms with Gasteiger partial charge in [0, 0.05) is 44.7 Å². The van der Waals surface area contributed by atoms with Gasteiger partial charge in [0.25, 0.3) is 10.0 Å². The molecule has 2 aromatic carbocycles. The lowest BCUT2D eigenvalue weighted by Gasteiger charge is -2.38. The van der Waals surface area contributed by atoms with E-state index in [-0.39, 0.29) is 10.8 Å². The molecule has 1 fully saturated rings. The first-order valence-electron chi connectivity index (χ1n) is 11.3. The molecule has 176 valence electrons. The highest BCUT2D eigenvalue weighted by Crippen LogP contribution is 2.33. The molecule has 4 rings (SSSR count). The summed E-state index contributed by atoms with van der Waals surface area (Å²) < 4.78 is 29.0. The van der Waals surface area contributed by atoms with Gasteiger partial charge in [-0.1, -0.05) is 38.1 Å². The lowest BCUT2D eigenvalue weighted by atomic mass is 9.84. The Kier molecular flexibility index (Phi) is 6.22. The molecular formula is C25H32N4O3S. The number of para-hydroxylation sites is 1. The van der Waals surface area contributed by atoms with Gasteiger partial charge >= 0.3 is 0 Å². The summed E-state index contributed by atoms with van der Waals surface area (Å²) in [7, 11) is -3.73. The van der Waals surface area contributed by atoms with E-state index in [4.69, 9.17) is 0 Å². The standard InChI is InChI=1S/C25H32N4O3S/c1-18-8-7-10-21(19(18)2)28-12-14-29(15-13-28)24(30)17-25(3,4)16-23-26-20-9-5-6-11-22(20)33(31,32)27-23/h5-11H,12-17H2,1-4H3,(H,26,27). The summed E-state index contributed by atoms with van der Waals surface area (Å²) in [6.07, 6.45) is 0.702. The van der Waals surface area contributed by atoms with Gasteiger partial charge in [0.15, 0.2) is 0 Å². The van der Waals surface area contributed by atoms with Gasteiger partial charge < -0.3 is 15.1 Å². The highest BCUT2D eigenvalue weighted by molar-refractivity contribution is 7.90. The summed E-state index contributed by atoms with van der Waals surface area (Å²) in [6, 6.07) is 13.1.